The van der Waals surface area contributed by atoms with E-state index in [0.29, 0.717) is 0 Å². The second kappa shape index (κ2) is 3.41. The molecule has 0 aromatic carbocycles. The molecule has 0 radical (unpaired) electrons. The molecule has 0 N–H and O–H groups in total. The van der Waals surface area contributed by atoms with Crippen molar-refractivity contribution in [1.82, 2.24) is 0 Å². The Morgan fingerprint density at radius 1 is 1.20 bits per heavy atom. The average molecular weight is 204 g/mol. The van der Waals surface area contributed by atoms with Gasteiger partial charge in [-0.1, -0.05) is 52.2 Å². The van der Waals surface area contributed by atoms with Crippen LogP contribution in [0, 0.1) is 28.6 Å². The molecule has 0 heteroatoms. The molecule has 0 saturated heterocycles. The highest BCUT2D eigenvalue weighted by Crippen LogP contribution is 2.79. The van der Waals surface area contributed by atoms with E-state index in [9.17, 15) is 0 Å². The van der Waals surface area contributed by atoms with Crippen LogP contribution in [0.15, 0.2) is 11.6 Å². The zero-order valence-corrected chi connectivity index (χ0v) is 11.1. The maximum atomic E-state index is 5.79. The molecular formula is C15H24. The molecule has 84 valence electrons. The van der Waals surface area contributed by atoms with Crippen LogP contribution in [0.1, 0.15) is 54.4 Å². The van der Waals surface area contributed by atoms with E-state index >= 15 is 0 Å². The fraction of sp³-hybridized carbons (Fsp3) is 0.733. The number of allylic oxidation sites excluding steroid dienone is 2. The van der Waals surface area contributed by atoms with E-state index < -0.39 is 0 Å². The third kappa shape index (κ3) is 1.36. The van der Waals surface area contributed by atoms with Gasteiger partial charge in [0, 0.05) is 5.41 Å². The summed E-state index contributed by atoms with van der Waals surface area (Å²) in [6.07, 6.45) is 10.2. The van der Waals surface area contributed by atoms with Crippen molar-refractivity contribution in [3.05, 3.63) is 11.6 Å². The maximum Gasteiger partial charge on any atom is 0.0461 e. The van der Waals surface area contributed by atoms with Crippen molar-refractivity contribution < 1.29 is 0 Å². The summed E-state index contributed by atoms with van der Waals surface area (Å²) in [4.78, 5) is 0. The monoisotopic (exact) mass is 204 g/mol. The van der Waals surface area contributed by atoms with Gasteiger partial charge in [0.25, 0.3) is 0 Å². The summed E-state index contributed by atoms with van der Waals surface area (Å²) in [5, 5.41) is 0. The standard InChI is InChI=1S/C15H24/c1-8-10-12(3)11-15(9-2)13(4,5)14(15,6)7/h2,10H,8,11H2,1,3-7H3. The quantitative estimate of drug-likeness (QED) is 0.471. The Morgan fingerprint density at radius 2 is 1.67 bits per heavy atom. The number of hydrogen-bond donors (Lipinski definition) is 0. The van der Waals surface area contributed by atoms with Gasteiger partial charge in [-0.05, 0) is 30.6 Å². The molecule has 0 unspecified atom stereocenters. The lowest BCUT2D eigenvalue weighted by atomic mass is 9.88. The summed E-state index contributed by atoms with van der Waals surface area (Å²) in [5.74, 6) is 3.08. The normalized spacial score (nSPS) is 25.8. The molecule has 0 nitrogen and oxygen atoms in total. The fourth-order valence-corrected chi connectivity index (χ4v) is 3.12. The van der Waals surface area contributed by atoms with E-state index in [0.717, 1.165) is 12.8 Å². The Bertz CT molecular complexity index is 306. The van der Waals surface area contributed by atoms with Crippen LogP contribution in [0.25, 0.3) is 0 Å². The number of terminal acetylenes is 1. The first-order valence-corrected chi connectivity index (χ1v) is 5.90. The van der Waals surface area contributed by atoms with Gasteiger partial charge in [0.2, 0.25) is 0 Å². The van der Waals surface area contributed by atoms with Crippen LogP contribution in [0.5, 0.6) is 0 Å². The van der Waals surface area contributed by atoms with Crippen LogP contribution in [-0.2, 0) is 0 Å². The van der Waals surface area contributed by atoms with Crippen molar-refractivity contribution in [1.29, 1.82) is 0 Å². The highest BCUT2D eigenvalue weighted by Gasteiger charge is 2.75. The first kappa shape index (κ1) is 12.4. The van der Waals surface area contributed by atoms with Crippen LogP contribution >= 0.6 is 0 Å². The Labute approximate surface area is 95.2 Å². The molecule has 1 saturated carbocycles. The van der Waals surface area contributed by atoms with E-state index in [4.69, 9.17) is 6.42 Å². The SMILES string of the molecule is C#CC1(CC(C)=CCC)C(C)(C)C1(C)C. The van der Waals surface area contributed by atoms with Crippen molar-refractivity contribution in [2.45, 2.75) is 54.4 Å². The van der Waals surface area contributed by atoms with E-state index in [-0.39, 0.29) is 16.2 Å². The summed E-state index contributed by atoms with van der Waals surface area (Å²) >= 11 is 0. The van der Waals surface area contributed by atoms with Crippen molar-refractivity contribution in [2.24, 2.45) is 16.2 Å². The summed E-state index contributed by atoms with van der Waals surface area (Å²) in [7, 11) is 0. The predicted molar refractivity (Wildman–Crippen MR) is 67.5 cm³/mol. The number of hydrogen-bond acceptors (Lipinski definition) is 0. The minimum absolute atomic E-state index is 0.0652. The Kier molecular flexibility index (Phi) is 2.81. The molecule has 0 aromatic heterocycles. The third-order valence-electron chi connectivity index (χ3n) is 4.98. The lowest BCUT2D eigenvalue weighted by Crippen LogP contribution is -2.08. The highest BCUT2D eigenvalue weighted by atomic mass is 14.8. The van der Waals surface area contributed by atoms with Gasteiger partial charge in [0.1, 0.15) is 0 Å². The second-order valence-corrected chi connectivity index (χ2v) is 5.94. The molecule has 0 heterocycles. The van der Waals surface area contributed by atoms with Gasteiger partial charge < -0.3 is 0 Å². The van der Waals surface area contributed by atoms with E-state index in [1.54, 1.807) is 0 Å². The van der Waals surface area contributed by atoms with Crippen LogP contribution < -0.4 is 0 Å². The molecule has 1 rings (SSSR count). The topological polar surface area (TPSA) is 0 Å². The minimum Gasteiger partial charge on any atom is -0.119 e. The molecule has 0 amide bonds. The molecule has 1 fully saturated rings. The van der Waals surface area contributed by atoms with Crippen LogP contribution in [0.4, 0.5) is 0 Å². The number of rotatable bonds is 3. The molecular weight excluding hydrogens is 180 g/mol. The van der Waals surface area contributed by atoms with Crippen molar-refractivity contribution in [2.75, 3.05) is 0 Å². The average Bonchev–Trinajstić information content (AvgIpc) is 2.44. The molecule has 0 atom stereocenters. The van der Waals surface area contributed by atoms with Crippen LogP contribution in [0.3, 0.4) is 0 Å². The van der Waals surface area contributed by atoms with Crippen molar-refractivity contribution in [3.8, 4) is 12.3 Å². The second-order valence-electron chi connectivity index (χ2n) is 5.94. The van der Waals surface area contributed by atoms with Gasteiger partial charge in [0.15, 0.2) is 0 Å². The first-order chi connectivity index (χ1) is 6.77. The van der Waals surface area contributed by atoms with E-state index in [1.165, 1.54) is 5.57 Å². The highest BCUT2D eigenvalue weighted by molar-refractivity contribution is 5.37. The van der Waals surface area contributed by atoms with E-state index in [2.05, 4.69) is 53.5 Å². The van der Waals surface area contributed by atoms with Gasteiger partial charge in [0.05, 0.1) is 0 Å². The zero-order valence-electron chi connectivity index (χ0n) is 11.1. The molecule has 0 aliphatic heterocycles. The van der Waals surface area contributed by atoms with Crippen molar-refractivity contribution >= 4 is 0 Å². The first-order valence-electron chi connectivity index (χ1n) is 5.90. The molecule has 1 aliphatic rings. The zero-order chi connectivity index (χ0) is 11.9. The fourth-order valence-electron chi connectivity index (χ4n) is 3.12. The van der Waals surface area contributed by atoms with Gasteiger partial charge >= 0.3 is 0 Å². The molecule has 15 heavy (non-hydrogen) atoms. The van der Waals surface area contributed by atoms with Gasteiger partial charge in [-0.2, -0.15) is 0 Å². The van der Waals surface area contributed by atoms with E-state index in [1.807, 2.05) is 0 Å². The lowest BCUT2D eigenvalue weighted by Gasteiger charge is -2.15. The molecule has 0 aromatic rings. The Hall–Kier alpha value is -0.700. The maximum absolute atomic E-state index is 5.79. The summed E-state index contributed by atoms with van der Waals surface area (Å²) in [6, 6.07) is 0. The lowest BCUT2D eigenvalue weighted by molar-refractivity contribution is 0.457. The summed E-state index contributed by atoms with van der Waals surface area (Å²) in [6.45, 7) is 13.6. The molecule has 1 aliphatic carbocycles. The molecule has 0 bridgehead atoms. The molecule has 0 spiro atoms. The van der Waals surface area contributed by atoms with Crippen LogP contribution in [0.2, 0.25) is 0 Å². The van der Waals surface area contributed by atoms with Gasteiger partial charge in [-0.15, -0.1) is 6.42 Å². The Morgan fingerprint density at radius 3 is 1.93 bits per heavy atom. The largest absolute Gasteiger partial charge is 0.119 e. The summed E-state index contributed by atoms with van der Waals surface area (Å²) in [5.41, 5.74) is 2.03. The smallest absolute Gasteiger partial charge is 0.0461 e. The van der Waals surface area contributed by atoms with Crippen LogP contribution in [-0.4, -0.2) is 0 Å². The van der Waals surface area contributed by atoms with Crippen molar-refractivity contribution in [3.63, 3.8) is 0 Å². The van der Waals surface area contributed by atoms with Gasteiger partial charge in [-0.3, -0.25) is 0 Å². The Balaban J connectivity index is 2.95. The predicted octanol–water partition coefficient (Wildman–Crippen LogP) is 4.42. The van der Waals surface area contributed by atoms with Gasteiger partial charge in [-0.25, -0.2) is 0 Å². The minimum atomic E-state index is 0.0652. The third-order valence-corrected chi connectivity index (χ3v) is 4.98. The summed E-state index contributed by atoms with van der Waals surface area (Å²) < 4.78 is 0.